The molecule has 1 saturated heterocycles. The third-order valence-electron chi connectivity index (χ3n) is 4.95. The SMILES string of the molecule is C=CCc1cc(/C=C2/SC(=S)N(c3ccc(C)c(C)c3)C2=O)cc(OCC)c1OCC. The lowest BCUT2D eigenvalue weighted by Crippen LogP contribution is -2.27. The van der Waals surface area contributed by atoms with Crippen molar-refractivity contribution in [1.29, 1.82) is 0 Å². The molecular weight excluding hydrogens is 426 g/mol. The van der Waals surface area contributed by atoms with Crippen LogP contribution in [0.4, 0.5) is 5.69 Å². The molecule has 0 unspecified atom stereocenters. The molecule has 31 heavy (non-hydrogen) atoms. The maximum atomic E-state index is 13.2. The second kappa shape index (κ2) is 10.2. The van der Waals surface area contributed by atoms with E-state index in [1.165, 1.54) is 17.3 Å². The van der Waals surface area contributed by atoms with Crippen molar-refractivity contribution < 1.29 is 14.3 Å². The van der Waals surface area contributed by atoms with E-state index < -0.39 is 0 Å². The molecule has 0 saturated carbocycles. The number of hydrogen-bond donors (Lipinski definition) is 0. The first-order valence-electron chi connectivity index (χ1n) is 10.3. The Morgan fingerprint density at radius 3 is 2.48 bits per heavy atom. The van der Waals surface area contributed by atoms with Crippen LogP contribution >= 0.6 is 24.0 Å². The van der Waals surface area contributed by atoms with Crippen molar-refractivity contribution >= 4 is 46.0 Å². The van der Waals surface area contributed by atoms with Crippen molar-refractivity contribution in [1.82, 2.24) is 0 Å². The van der Waals surface area contributed by atoms with E-state index in [2.05, 4.69) is 6.58 Å². The Bertz CT molecular complexity index is 1060. The molecule has 162 valence electrons. The number of allylic oxidation sites excluding steroid dienone is 1. The molecule has 0 spiro atoms. The van der Waals surface area contributed by atoms with Gasteiger partial charge in [0, 0.05) is 5.56 Å². The fourth-order valence-corrected chi connectivity index (χ4v) is 4.65. The predicted molar refractivity (Wildman–Crippen MR) is 134 cm³/mol. The van der Waals surface area contributed by atoms with Gasteiger partial charge in [0.05, 0.1) is 23.8 Å². The third kappa shape index (κ3) is 5.02. The zero-order valence-corrected chi connectivity index (χ0v) is 20.0. The summed E-state index contributed by atoms with van der Waals surface area (Å²) in [6, 6.07) is 9.86. The number of hydrogen-bond acceptors (Lipinski definition) is 5. The maximum Gasteiger partial charge on any atom is 0.270 e. The van der Waals surface area contributed by atoms with Gasteiger partial charge >= 0.3 is 0 Å². The van der Waals surface area contributed by atoms with Gasteiger partial charge < -0.3 is 9.47 Å². The maximum absolute atomic E-state index is 13.2. The molecule has 0 bridgehead atoms. The average molecular weight is 454 g/mol. The lowest BCUT2D eigenvalue weighted by atomic mass is 10.0. The molecule has 2 aromatic carbocycles. The summed E-state index contributed by atoms with van der Waals surface area (Å²) in [4.78, 5) is 15.4. The molecule has 6 heteroatoms. The molecule has 0 aromatic heterocycles. The summed E-state index contributed by atoms with van der Waals surface area (Å²) >= 11 is 6.84. The minimum absolute atomic E-state index is 0.115. The number of rotatable bonds is 8. The van der Waals surface area contributed by atoms with Crippen LogP contribution in [0.3, 0.4) is 0 Å². The second-order valence-corrected chi connectivity index (χ2v) is 8.83. The van der Waals surface area contributed by atoms with Crippen LogP contribution in [0.15, 0.2) is 47.9 Å². The molecule has 0 radical (unpaired) electrons. The van der Waals surface area contributed by atoms with E-state index in [1.54, 1.807) is 4.90 Å². The number of carbonyl (C=O) groups is 1. The average Bonchev–Trinajstić information content (AvgIpc) is 3.00. The van der Waals surface area contributed by atoms with Crippen molar-refractivity contribution in [2.45, 2.75) is 34.1 Å². The van der Waals surface area contributed by atoms with Crippen LogP contribution in [-0.2, 0) is 11.2 Å². The van der Waals surface area contributed by atoms with E-state index in [0.29, 0.717) is 34.6 Å². The lowest BCUT2D eigenvalue weighted by molar-refractivity contribution is -0.113. The molecule has 1 fully saturated rings. The first-order chi connectivity index (χ1) is 14.9. The van der Waals surface area contributed by atoms with Crippen LogP contribution in [0.1, 0.15) is 36.1 Å². The van der Waals surface area contributed by atoms with E-state index in [1.807, 2.05) is 70.2 Å². The van der Waals surface area contributed by atoms with Gasteiger partial charge in [-0.2, -0.15) is 0 Å². The molecular formula is C25H27NO3S2. The molecule has 1 aliphatic rings. The lowest BCUT2D eigenvalue weighted by Gasteiger charge is -2.16. The van der Waals surface area contributed by atoms with Gasteiger partial charge in [-0.1, -0.05) is 36.1 Å². The minimum Gasteiger partial charge on any atom is -0.490 e. The molecule has 3 rings (SSSR count). The Morgan fingerprint density at radius 1 is 1.10 bits per heavy atom. The Balaban J connectivity index is 2.00. The van der Waals surface area contributed by atoms with Gasteiger partial charge in [0.2, 0.25) is 0 Å². The van der Waals surface area contributed by atoms with Crippen LogP contribution in [0.5, 0.6) is 11.5 Å². The summed E-state index contributed by atoms with van der Waals surface area (Å²) in [7, 11) is 0. The van der Waals surface area contributed by atoms with E-state index in [0.717, 1.165) is 28.1 Å². The van der Waals surface area contributed by atoms with Gasteiger partial charge in [-0.15, -0.1) is 6.58 Å². The van der Waals surface area contributed by atoms with Crippen LogP contribution in [0.25, 0.3) is 6.08 Å². The van der Waals surface area contributed by atoms with E-state index in [-0.39, 0.29) is 5.91 Å². The highest BCUT2D eigenvalue weighted by Gasteiger charge is 2.33. The summed E-state index contributed by atoms with van der Waals surface area (Å²) in [6.07, 6.45) is 4.34. The van der Waals surface area contributed by atoms with E-state index in [9.17, 15) is 4.79 Å². The highest BCUT2D eigenvalue weighted by atomic mass is 32.2. The van der Waals surface area contributed by atoms with Gasteiger partial charge in [-0.25, -0.2) is 0 Å². The number of thiocarbonyl (C=S) groups is 1. The van der Waals surface area contributed by atoms with Gasteiger partial charge in [0.1, 0.15) is 0 Å². The zero-order chi connectivity index (χ0) is 22.5. The molecule has 0 aliphatic carbocycles. The number of aryl methyl sites for hydroxylation is 2. The first kappa shape index (κ1) is 23.1. The van der Waals surface area contributed by atoms with Gasteiger partial charge in [0.15, 0.2) is 15.8 Å². The first-order valence-corrected chi connectivity index (χ1v) is 11.5. The van der Waals surface area contributed by atoms with E-state index in [4.69, 9.17) is 21.7 Å². The van der Waals surface area contributed by atoms with Gasteiger partial charge in [-0.3, -0.25) is 9.69 Å². The zero-order valence-electron chi connectivity index (χ0n) is 18.4. The largest absolute Gasteiger partial charge is 0.490 e. The number of carbonyl (C=O) groups excluding carboxylic acids is 1. The van der Waals surface area contributed by atoms with Crippen LogP contribution in [-0.4, -0.2) is 23.4 Å². The fourth-order valence-electron chi connectivity index (χ4n) is 3.35. The Morgan fingerprint density at radius 2 is 1.84 bits per heavy atom. The number of anilines is 1. The van der Waals surface area contributed by atoms with Crippen molar-refractivity contribution in [3.8, 4) is 11.5 Å². The normalized spacial score (nSPS) is 15.0. The van der Waals surface area contributed by atoms with Gasteiger partial charge in [0.25, 0.3) is 5.91 Å². The fraction of sp³-hybridized carbons (Fsp3) is 0.280. The van der Waals surface area contributed by atoms with Crippen molar-refractivity contribution in [3.05, 3.63) is 70.1 Å². The number of nitrogens with zero attached hydrogens (tertiary/aromatic N) is 1. The number of benzene rings is 2. The molecule has 0 N–H and O–H groups in total. The Kier molecular flexibility index (Phi) is 7.57. The monoisotopic (exact) mass is 453 g/mol. The Labute approximate surface area is 193 Å². The van der Waals surface area contributed by atoms with Crippen molar-refractivity contribution in [2.75, 3.05) is 18.1 Å². The van der Waals surface area contributed by atoms with E-state index >= 15 is 0 Å². The van der Waals surface area contributed by atoms with Crippen molar-refractivity contribution in [2.24, 2.45) is 0 Å². The molecule has 1 aliphatic heterocycles. The molecule has 1 heterocycles. The van der Waals surface area contributed by atoms with Crippen LogP contribution in [0, 0.1) is 13.8 Å². The molecule has 2 aromatic rings. The number of thioether (sulfide) groups is 1. The molecule has 0 atom stereocenters. The summed E-state index contributed by atoms with van der Waals surface area (Å²) < 4.78 is 12.2. The number of ether oxygens (including phenoxy) is 2. The summed E-state index contributed by atoms with van der Waals surface area (Å²) in [5.41, 5.74) is 4.93. The standard InChI is InChI=1S/C25H27NO3S2/c1-6-9-19-13-18(14-21(28-7-2)23(19)29-8-3)15-22-24(27)26(25(30)31-22)20-11-10-16(4)17(5)12-20/h6,10-15H,1,7-9H2,2-5H3/b22-15+. The molecule has 1 amide bonds. The Hall–Kier alpha value is -2.57. The second-order valence-electron chi connectivity index (χ2n) is 7.15. The van der Waals surface area contributed by atoms with Crippen molar-refractivity contribution in [3.63, 3.8) is 0 Å². The summed E-state index contributed by atoms with van der Waals surface area (Å²) in [6.45, 7) is 12.9. The van der Waals surface area contributed by atoms with Crippen LogP contribution < -0.4 is 14.4 Å². The predicted octanol–water partition coefficient (Wildman–Crippen LogP) is 6.24. The minimum atomic E-state index is -0.115. The smallest absolute Gasteiger partial charge is 0.270 e. The number of amides is 1. The van der Waals surface area contributed by atoms with Crippen LogP contribution in [0.2, 0.25) is 0 Å². The topological polar surface area (TPSA) is 38.8 Å². The third-order valence-corrected chi connectivity index (χ3v) is 6.25. The summed E-state index contributed by atoms with van der Waals surface area (Å²) in [5.74, 6) is 1.28. The summed E-state index contributed by atoms with van der Waals surface area (Å²) in [5, 5.41) is 0. The van der Waals surface area contributed by atoms with Gasteiger partial charge in [-0.05, 0) is 81.1 Å². The quantitative estimate of drug-likeness (QED) is 0.269. The highest BCUT2D eigenvalue weighted by molar-refractivity contribution is 8.27. The highest BCUT2D eigenvalue weighted by Crippen LogP contribution is 2.39. The molecule has 4 nitrogen and oxygen atoms in total.